The van der Waals surface area contributed by atoms with Gasteiger partial charge in [-0.05, 0) is 53.6 Å². The summed E-state index contributed by atoms with van der Waals surface area (Å²) in [6.07, 6.45) is 5.68. The summed E-state index contributed by atoms with van der Waals surface area (Å²) >= 11 is 0. The molecule has 3 heteroatoms. The number of nitrogens with zero attached hydrogens (tertiary/aromatic N) is 3. The van der Waals surface area contributed by atoms with Crippen molar-refractivity contribution in [3.63, 3.8) is 0 Å². The Balaban J connectivity index is 1.83. The molecule has 0 radical (unpaired) electrons. The molecule has 0 unspecified atom stereocenters. The van der Waals surface area contributed by atoms with Crippen LogP contribution in [0.4, 0.5) is 0 Å². The minimum absolute atomic E-state index is 0.676. The lowest BCUT2D eigenvalue weighted by Gasteiger charge is -2.06. The van der Waals surface area contributed by atoms with Gasteiger partial charge >= 0.3 is 0 Å². The summed E-state index contributed by atoms with van der Waals surface area (Å²) in [5, 5.41) is 10.2. The summed E-state index contributed by atoms with van der Waals surface area (Å²) < 4.78 is 2.12. The minimum atomic E-state index is 0.676. The topological polar surface area (TPSA) is 41.6 Å². The Kier molecular flexibility index (Phi) is 3.14. The van der Waals surface area contributed by atoms with Crippen LogP contribution in [-0.4, -0.2) is 9.55 Å². The number of fused-ring (bicyclic) bond motifs is 1. The van der Waals surface area contributed by atoms with Crippen molar-refractivity contribution in [1.29, 1.82) is 5.26 Å². The van der Waals surface area contributed by atoms with E-state index in [1.54, 1.807) is 6.20 Å². The van der Waals surface area contributed by atoms with Crippen molar-refractivity contribution in [2.24, 2.45) is 0 Å². The zero-order valence-electron chi connectivity index (χ0n) is 12.3. The number of hydrogen-bond acceptors (Lipinski definition) is 2. The molecule has 0 aliphatic carbocycles. The summed E-state index contributed by atoms with van der Waals surface area (Å²) in [7, 11) is 0. The van der Waals surface area contributed by atoms with E-state index in [4.69, 9.17) is 5.26 Å². The number of nitriles is 1. The van der Waals surface area contributed by atoms with E-state index in [0.29, 0.717) is 5.56 Å². The van der Waals surface area contributed by atoms with Crippen LogP contribution >= 0.6 is 0 Å². The van der Waals surface area contributed by atoms with Crippen LogP contribution in [0.3, 0.4) is 0 Å². The van der Waals surface area contributed by atoms with Crippen molar-refractivity contribution in [2.45, 2.75) is 0 Å². The highest BCUT2D eigenvalue weighted by Crippen LogP contribution is 2.27. The predicted octanol–water partition coefficient (Wildman–Crippen LogP) is 4.56. The van der Waals surface area contributed by atoms with Crippen LogP contribution in [0.1, 0.15) is 5.56 Å². The lowest BCUT2D eigenvalue weighted by Crippen LogP contribution is -1.91. The molecule has 0 fully saturated rings. The third-order valence-corrected chi connectivity index (χ3v) is 3.94. The molecular formula is C20H13N3. The van der Waals surface area contributed by atoms with Gasteiger partial charge in [0.05, 0.1) is 29.0 Å². The maximum atomic E-state index is 9.05. The van der Waals surface area contributed by atoms with Gasteiger partial charge in [0.15, 0.2) is 0 Å². The fourth-order valence-electron chi connectivity index (χ4n) is 2.81. The van der Waals surface area contributed by atoms with Crippen molar-refractivity contribution < 1.29 is 0 Å². The normalized spacial score (nSPS) is 10.6. The summed E-state index contributed by atoms with van der Waals surface area (Å²) in [5.74, 6) is 0. The number of aromatic nitrogens is 2. The molecule has 2 heterocycles. The Hall–Kier alpha value is -3.38. The first-order chi connectivity index (χ1) is 11.3. The molecule has 23 heavy (non-hydrogen) atoms. The first-order valence-electron chi connectivity index (χ1n) is 7.37. The highest BCUT2D eigenvalue weighted by atomic mass is 15.0. The van der Waals surface area contributed by atoms with Crippen molar-refractivity contribution in [3.05, 3.63) is 84.8 Å². The van der Waals surface area contributed by atoms with Gasteiger partial charge < -0.3 is 4.57 Å². The molecule has 3 nitrogen and oxygen atoms in total. The Morgan fingerprint density at radius 2 is 1.83 bits per heavy atom. The fraction of sp³-hybridized carbons (Fsp3) is 0. The lowest BCUT2D eigenvalue weighted by atomic mass is 10.0. The van der Waals surface area contributed by atoms with Gasteiger partial charge in [-0.1, -0.05) is 18.2 Å². The van der Waals surface area contributed by atoms with E-state index < -0.39 is 0 Å². The van der Waals surface area contributed by atoms with Crippen molar-refractivity contribution in [2.75, 3.05) is 0 Å². The van der Waals surface area contributed by atoms with Gasteiger partial charge in [-0.2, -0.15) is 5.26 Å². The van der Waals surface area contributed by atoms with Gasteiger partial charge in [0, 0.05) is 17.8 Å². The van der Waals surface area contributed by atoms with E-state index in [0.717, 1.165) is 27.7 Å². The van der Waals surface area contributed by atoms with Gasteiger partial charge in [-0.25, -0.2) is 0 Å². The van der Waals surface area contributed by atoms with E-state index in [2.05, 4.69) is 46.1 Å². The Bertz CT molecular complexity index is 1020. The highest BCUT2D eigenvalue weighted by molar-refractivity contribution is 5.87. The van der Waals surface area contributed by atoms with Crippen LogP contribution in [0.15, 0.2) is 79.3 Å². The first-order valence-corrected chi connectivity index (χ1v) is 7.37. The molecule has 0 bridgehead atoms. The van der Waals surface area contributed by atoms with Gasteiger partial charge in [-0.15, -0.1) is 0 Å². The second-order valence-corrected chi connectivity index (χ2v) is 5.36. The van der Waals surface area contributed by atoms with Crippen LogP contribution in [0.25, 0.3) is 27.7 Å². The third-order valence-electron chi connectivity index (χ3n) is 3.94. The fourth-order valence-corrected chi connectivity index (χ4v) is 2.81. The molecule has 0 amide bonds. The van der Waals surface area contributed by atoms with Gasteiger partial charge in [0.25, 0.3) is 0 Å². The monoisotopic (exact) mass is 295 g/mol. The molecule has 0 saturated carbocycles. The molecule has 4 rings (SSSR count). The van der Waals surface area contributed by atoms with Gasteiger partial charge in [0.1, 0.15) is 0 Å². The molecule has 2 aromatic carbocycles. The maximum absolute atomic E-state index is 9.05. The highest BCUT2D eigenvalue weighted by Gasteiger charge is 2.06. The second-order valence-electron chi connectivity index (χ2n) is 5.36. The SMILES string of the molecule is N#Cc1cccc(-c2ccc3c(ccn3-c3cccnc3)c2)c1. The second kappa shape index (κ2) is 5.43. The minimum Gasteiger partial charge on any atom is -0.315 e. The molecule has 0 spiro atoms. The first kappa shape index (κ1) is 13.3. The smallest absolute Gasteiger partial charge is 0.0991 e. The van der Waals surface area contributed by atoms with Crippen LogP contribution in [0, 0.1) is 11.3 Å². The molecule has 0 atom stereocenters. The van der Waals surface area contributed by atoms with E-state index >= 15 is 0 Å². The molecule has 0 aliphatic heterocycles. The number of benzene rings is 2. The van der Waals surface area contributed by atoms with Crippen LogP contribution in [-0.2, 0) is 0 Å². The summed E-state index contributed by atoms with van der Waals surface area (Å²) in [6.45, 7) is 0. The molecule has 0 N–H and O–H groups in total. The van der Waals surface area contributed by atoms with Crippen molar-refractivity contribution in [1.82, 2.24) is 9.55 Å². The van der Waals surface area contributed by atoms with E-state index in [1.807, 2.05) is 42.6 Å². The Labute approximate surface area is 134 Å². The average Bonchev–Trinajstić information content (AvgIpc) is 3.05. The summed E-state index contributed by atoms with van der Waals surface area (Å²) in [5.41, 5.74) is 5.02. The maximum Gasteiger partial charge on any atom is 0.0991 e. The van der Waals surface area contributed by atoms with Crippen LogP contribution in [0.5, 0.6) is 0 Å². The van der Waals surface area contributed by atoms with Crippen molar-refractivity contribution in [3.8, 4) is 22.9 Å². The zero-order chi connectivity index (χ0) is 15.6. The predicted molar refractivity (Wildman–Crippen MR) is 91.2 cm³/mol. The molecular weight excluding hydrogens is 282 g/mol. The number of rotatable bonds is 2. The molecule has 0 aliphatic rings. The van der Waals surface area contributed by atoms with Gasteiger partial charge in [-0.3, -0.25) is 4.98 Å². The molecule has 0 saturated heterocycles. The van der Waals surface area contributed by atoms with E-state index in [1.165, 1.54) is 0 Å². The molecule has 4 aromatic rings. The lowest BCUT2D eigenvalue weighted by molar-refractivity contribution is 1.10. The molecule has 2 aromatic heterocycles. The third kappa shape index (κ3) is 2.37. The summed E-state index contributed by atoms with van der Waals surface area (Å²) in [4.78, 5) is 4.18. The quantitative estimate of drug-likeness (QED) is 0.544. The van der Waals surface area contributed by atoms with E-state index in [9.17, 15) is 0 Å². The summed E-state index contributed by atoms with van der Waals surface area (Å²) in [6, 6.07) is 22.3. The zero-order valence-corrected chi connectivity index (χ0v) is 12.3. The largest absolute Gasteiger partial charge is 0.315 e. The van der Waals surface area contributed by atoms with Gasteiger partial charge in [0.2, 0.25) is 0 Å². The van der Waals surface area contributed by atoms with E-state index in [-0.39, 0.29) is 0 Å². The molecule has 108 valence electrons. The Morgan fingerprint density at radius 3 is 2.65 bits per heavy atom. The Morgan fingerprint density at radius 1 is 0.913 bits per heavy atom. The number of pyridine rings is 1. The van der Waals surface area contributed by atoms with Crippen LogP contribution < -0.4 is 0 Å². The van der Waals surface area contributed by atoms with Crippen molar-refractivity contribution >= 4 is 10.9 Å². The number of hydrogen-bond donors (Lipinski definition) is 0. The average molecular weight is 295 g/mol. The van der Waals surface area contributed by atoms with Crippen LogP contribution in [0.2, 0.25) is 0 Å². The standard InChI is InChI=1S/C20H13N3/c21-13-15-3-1-4-16(11-15)17-6-7-20-18(12-17)8-10-23(20)19-5-2-9-22-14-19/h1-12,14H.